The fourth-order valence-electron chi connectivity index (χ4n) is 0.228. The van der Waals surface area contributed by atoms with Crippen molar-refractivity contribution in [2.45, 2.75) is 0 Å². The van der Waals surface area contributed by atoms with Crippen LogP contribution < -0.4 is 0 Å². The SMILES string of the molecule is [2H]C1([2H])C=CC(=O)O1. The molecule has 0 amide bonds. The van der Waals surface area contributed by atoms with Gasteiger partial charge in [0.25, 0.3) is 0 Å². The van der Waals surface area contributed by atoms with Crippen molar-refractivity contribution in [3.8, 4) is 0 Å². The lowest BCUT2D eigenvalue weighted by Crippen LogP contribution is -1.89. The lowest BCUT2D eigenvalue weighted by atomic mass is 10.6. The van der Waals surface area contributed by atoms with Crippen molar-refractivity contribution in [2.75, 3.05) is 6.56 Å². The molecule has 0 spiro atoms. The topological polar surface area (TPSA) is 26.3 Å². The summed E-state index contributed by atoms with van der Waals surface area (Å²) in [6.45, 7) is -1.86. The Labute approximate surface area is 38.2 Å². The number of carbonyl (C=O) groups excluding carboxylic acids is 1. The van der Waals surface area contributed by atoms with Crippen LogP contribution in [0, 0.1) is 0 Å². The molecule has 0 aliphatic carbocycles. The molecule has 0 N–H and O–H groups in total. The van der Waals surface area contributed by atoms with E-state index in [1.165, 1.54) is 0 Å². The summed E-state index contributed by atoms with van der Waals surface area (Å²) in [5, 5.41) is 0. The molecule has 1 aliphatic rings. The molecule has 1 aliphatic heterocycles. The maximum atomic E-state index is 10.1. The minimum absolute atomic E-state index is 0.616. The van der Waals surface area contributed by atoms with Gasteiger partial charge in [0.1, 0.15) is 6.56 Å². The van der Waals surface area contributed by atoms with Crippen molar-refractivity contribution in [3.63, 3.8) is 0 Å². The summed E-state index contributed by atoms with van der Waals surface area (Å²) in [4.78, 5) is 10.1. The number of rotatable bonds is 0. The predicted octanol–water partition coefficient (Wildman–Crippen LogP) is 0.0994. The molecule has 32 valence electrons. The van der Waals surface area contributed by atoms with Crippen LogP contribution in [-0.4, -0.2) is 12.5 Å². The lowest BCUT2D eigenvalue weighted by Gasteiger charge is -1.81. The Morgan fingerprint density at radius 2 is 3.00 bits per heavy atom. The monoisotopic (exact) mass is 86.0 g/mol. The number of esters is 1. The van der Waals surface area contributed by atoms with Crippen molar-refractivity contribution >= 4 is 5.97 Å². The molecule has 1 heterocycles. The molecule has 0 aromatic heterocycles. The maximum Gasteiger partial charge on any atom is 0.330 e. The molecular weight excluding hydrogens is 80.0 g/mol. The molecule has 0 bridgehead atoms. The third kappa shape index (κ3) is 0.407. The lowest BCUT2D eigenvalue weighted by molar-refractivity contribution is -0.134. The van der Waals surface area contributed by atoms with Crippen LogP contribution in [0.15, 0.2) is 12.2 Å². The highest BCUT2D eigenvalue weighted by atomic mass is 16.5. The number of hydrogen-bond donors (Lipinski definition) is 0. The summed E-state index contributed by atoms with van der Waals surface area (Å²) in [6.07, 6.45) is 2.15. The van der Waals surface area contributed by atoms with E-state index in [9.17, 15) is 4.79 Å². The Morgan fingerprint density at radius 1 is 2.17 bits per heavy atom. The molecule has 1 rings (SSSR count). The van der Waals surface area contributed by atoms with Gasteiger partial charge in [-0.25, -0.2) is 4.79 Å². The van der Waals surface area contributed by atoms with Crippen LogP contribution in [0.5, 0.6) is 0 Å². The van der Waals surface area contributed by atoms with Crippen LogP contribution in [0.25, 0.3) is 0 Å². The quantitative estimate of drug-likeness (QED) is 0.391. The van der Waals surface area contributed by atoms with E-state index in [-0.39, 0.29) is 0 Å². The summed E-state index contributed by atoms with van der Waals surface area (Å²) in [7, 11) is 0. The third-order valence-electron chi connectivity index (χ3n) is 0.447. The fraction of sp³-hybridized carbons (Fsp3) is 0.250. The first-order valence-electron chi connectivity index (χ1n) is 2.52. The summed E-state index contributed by atoms with van der Waals surface area (Å²) < 4.78 is 17.6. The molecule has 0 aromatic carbocycles. The molecule has 0 fully saturated rings. The molecule has 0 saturated carbocycles. The summed E-state index contributed by atoms with van der Waals surface area (Å²) in [5.41, 5.74) is 0. The van der Waals surface area contributed by atoms with Crippen LogP contribution in [0.3, 0.4) is 0 Å². The van der Waals surface area contributed by atoms with Gasteiger partial charge in [-0.1, -0.05) is 0 Å². The number of ether oxygens (including phenoxy) is 1. The molecular formula is C4H4O2. The van der Waals surface area contributed by atoms with Gasteiger partial charge < -0.3 is 4.74 Å². The first-order chi connectivity index (χ1) is 3.60. The average molecular weight is 86.1 g/mol. The average Bonchev–Trinajstić information content (AvgIpc) is 1.82. The summed E-state index contributed by atoms with van der Waals surface area (Å²) >= 11 is 0. The van der Waals surface area contributed by atoms with Crippen LogP contribution in [-0.2, 0) is 9.53 Å². The van der Waals surface area contributed by atoms with Gasteiger partial charge in [-0.3, -0.25) is 0 Å². The Balaban J connectivity index is 2.72. The maximum absolute atomic E-state index is 10.1. The van der Waals surface area contributed by atoms with Crippen molar-refractivity contribution in [1.82, 2.24) is 0 Å². The molecule has 0 radical (unpaired) electrons. The first kappa shape index (κ1) is 1.78. The van der Waals surface area contributed by atoms with E-state index < -0.39 is 12.5 Å². The van der Waals surface area contributed by atoms with E-state index in [1.807, 2.05) is 0 Å². The molecule has 2 heteroatoms. The molecule has 0 atom stereocenters. The van der Waals surface area contributed by atoms with Gasteiger partial charge in [-0.15, -0.1) is 0 Å². The second-order valence-electron chi connectivity index (χ2n) is 0.872. The predicted molar refractivity (Wildman–Crippen MR) is 20.1 cm³/mol. The van der Waals surface area contributed by atoms with E-state index in [0.717, 1.165) is 12.2 Å². The minimum Gasteiger partial charge on any atom is -0.458 e. The van der Waals surface area contributed by atoms with Gasteiger partial charge in [0.15, 0.2) is 0 Å². The van der Waals surface area contributed by atoms with Crippen molar-refractivity contribution in [2.24, 2.45) is 0 Å². The van der Waals surface area contributed by atoms with E-state index >= 15 is 0 Å². The largest absolute Gasteiger partial charge is 0.458 e. The standard InChI is InChI=1S/C4H4O2/c5-4-2-1-3-6-4/h1-2H,3H2/i3D2. The third-order valence-corrected chi connectivity index (χ3v) is 0.447. The Bertz CT molecular complexity index is 150. The number of carbonyl (C=O) groups is 1. The highest BCUT2D eigenvalue weighted by Crippen LogP contribution is 1.89. The van der Waals surface area contributed by atoms with Gasteiger partial charge in [0.05, 0.1) is 2.74 Å². The van der Waals surface area contributed by atoms with Crippen LogP contribution in [0.1, 0.15) is 2.74 Å². The highest BCUT2D eigenvalue weighted by Gasteiger charge is 1.98. The van der Waals surface area contributed by atoms with E-state index in [0.29, 0.717) is 0 Å². The highest BCUT2D eigenvalue weighted by molar-refractivity contribution is 5.83. The van der Waals surface area contributed by atoms with E-state index in [1.54, 1.807) is 0 Å². The first-order valence-corrected chi connectivity index (χ1v) is 1.52. The second-order valence-corrected chi connectivity index (χ2v) is 0.872. The molecule has 0 saturated heterocycles. The zero-order valence-corrected chi connectivity index (χ0v) is 2.97. The summed E-state index contributed by atoms with van der Waals surface area (Å²) in [6, 6.07) is 0. The van der Waals surface area contributed by atoms with Gasteiger partial charge >= 0.3 is 5.97 Å². The minimum atomic E-state index is -1.86. The Morgan fingerprint density at radius 3 is 3.17 bits per heavy atom. The van der Waals surface area contributed by atoms with E-state index in [2.05, 4.69) is 4.74 Å². The zero-order valence-electron chi connectivity index (χ0n) is 4.97. The zero-order chi connectivity index (χ0) is 6.20. The van der Waals surface area contributed by atoms with Crippen molar-refractivity contribution in [1.29, 1.82) is 0 Å². The molecule has 0 unspecified atom stereocenters. The van der Waals surface area contributed by atoms with E-state index in [4.69, 9.17) is 2.74 Å². The van der Waals surface area contributed by atoms with Gasteiger partial charge in [0.2, 0.25) is 0 Å². The normalized spacial score (nSPS) is 31.7. The second kappa shape index (κ2) is 1.12. The van der Waals surface area contributed by atoms with Crippen LogP contribution in [0.4, 0.5) is 0 Å². The number of hydrogen-bond acceptors (Lipinski definition) is 2. The smallest absolute Gasteiger partial charge is 0.330 e. The van der Waals surface area contributed by atoms with Gasteiger partial charge in [-0.2, -0.15) is 0 Å². The number of cyclic esters (lactones) is 1. The Kier molecular flexibility index (Phi) is 0.333. The van der Waals surface area contributed by atoms with Crippen LogP contribution in [0.2, 0.25) is 0 Å². The van der Waals surface area contributed by atoms with Gasteiger partial charge in [0, 0.05) is 6.08 Å². The molecule has 6 heavy (non-hydrogen) atoms. The molecule has 2 nitrogen and oxygen atoms in total. The fourth-order valence-corrected chi connectivity index (χ4v) is 0.228. The van der Waals surface area contributed by atoms with Crippen LogP contribution >= 0.6 is 0 Å². The summed E-state index contributed by atoms with van der Waals surface area (Å²) in [5.74, 6) is -0.616. The van der Waals surface area contributed by atoms with Crippen molar-refractivity contribution in [3.05, 3.63) is 12.2 Å². The Hall–Kier alpha value is -0.790. The van der Waals surface area contributed by atoms with Gasteiger partial charge in [-0.05, 0) is 6.08 Å². The molecule has 0 aromatic rings. The van der Waals surface area contributed by atoms with Crippen molar-refractivity contribution < 1.29 is 12.3 Å².